The fourth-order valence-electron chi connectivity index (χ4n) is 2.30. The van der Waals surface area contributed by atoms with Gasteiger partial charge in [-0.25, -0.2) is 0 Å². The molecule has 0 aliphatic carbocycles. The van der Waals surface area contributed by atoms with Crippen LogP contribution in [-0.2, 0) is 11.3 Å². The highest BCUT2D eigenvalue weighted by molar-refractivity contribution is 4.79. The second-order valence-corrected chi connectivity index (χ2v) is 4.86. The van der Waals surface area contributed by atoms with Crippen molar-refractivity contribution in [1.29, 1.82) is 0 Å². The third-order valence-electron chi connectivity index (χ3n) is 3.24. The lowest BCUT2D eigenvalue weighted by Gasteiger charge is -2.15. The van der Waals surface area contributed by atoms with Crippen molar-refractivity contribution in [2.45, 2.75) is 51.3 Å². The zero-order valence-corrected chi connectivity index (χ0v) is 10.6. The summed E-state index contributed by atoms with van der Waals surface area (Å²) in [5.74, 6) is 0. The Kier molecular flexibility index (Phi) is 5.01. The fraction of sp³-hybridized carbons (Fsp3) is 0.769. The van der Waals surface area contributed by atoms with Gasteiger partial charge in [-0.05, 0) is 45.2 Å². The molecule has 2 atom stereocenters. The van der Waals surface area contributed by atoms with Crippen molar-refractivity contribution in [1.82, 2.24) is 15.1 Å². The topological polar surface area (TPSA) is 39.1 Å². The molecule has 0 aromatic carbocycles. The summed E-state index contributed by atoms with van der Waals surface area (Å²) >= 11 is 0. The van der Waals surface area contributed by atoms with E-state index in [-0.39, 0.29) is 0 Å². The first-order chi connectivity index (χ1) is 8.34. The van der Waals surface area contributed by atoms with E-state index >= 15 is 0 Å². The SMILES string of the molecule is CC(Cn1cccn1)NCCCC1CCCO1. The van der Waals surface area contributed by atoms with Gasteiger partial charge in [0.2, 0.25) is 0 Å². The maximum atomic E-state index is 5.60. The standard InChI is InChI=1S/C13H23N3O/c1-12(11-16-9-4-8-15-16)14-7-2-5-13-6-3-10-17-13/h4,8-9,12-14H,2-3,5-7,10-11H2,1H3. The minimum absolute atomic E-state index is 0.472. The van der Waals surface area contributed by atoms with Crippen molar-refractivity contribution in [2.75, 3.05) is 13.2 Å². The molecule has 1 aliphatic rings. The van der Waals surface area contributed by atoms with Crippen LogP contribution in [0.5, 0.6) is 0 Å². The van der Waals surface area contributed by atoms with E-state index in [9.17, 15) is 0 Å². The van der Waals surface area contributed by atoms with Crippen LogP contribution in [0.1, 0.15) is 32.6 Å². The average molecular weight is 237 g/mol. The highest BCUT2D eigenvalue weighted by atomic mass is 16.5. The molecule has 0 radical (unpaired) electrons. The first-order valence-electron chi connectivity index (χ1n) is 6.67. The Balaban J connectivity index is 1.52. The molecule has 17 heavy (non-hydrogen) atoms. The predicted molar refractivity (Wildman–Crippen MR) is 67.9 cm³/mol. The lowest BCUT2D eigenvalue weighted by atomic mass is 10.1. The normalized spacial score (nSPS) is 21.8. The summed E-state index contributed by atoms with van der Waals surface area (Å²) in [6, 6.07) is 2.43. The summed E-state index contributed by atoms with van der Waals surface area (Å²) in [7, 11) is 0. The van der Waals surface area contributed by atoms with Crippen molar-refractivity contribution in [3.8, 4) is 0 Å². The highest BCUT2D eigenvalue weighted by Gasteiger charge is 2.14. The third kappa shape index (κ3) is 4.48. The first kappa shape index (κ1) is 12.6. The smallest absolute Gasteiger partial charge is 0.0576 e. The number of hydrogen-bond acceptors (Lipinski definition) is 3. The summed E-state index contributed by atoms with van der Waals surface area (Å²) in [4.78, 5) is 0. The summed E-state index contributed by atoms with van der Waals surface area (Å²) in [5, 5.41) is 7.73. The van der Waals surface area contributed by atoms with Crippen LogP contribution < -0.4 is 5.32 Å². The number of aromatic nitrogens is 2. The minimum atomic E-state index is 0.472. The molecule has 4 heteroatoms. The molecule has 4 nitrogen and oxygen atoms in total. The maximum Gasteiger partial charge on any atom is 0.0576 e. The van der Waals surface area contributed by atoms with Crippen LogP contribution in [0.2, 0.25) is 0 Å². The first-order valence-corrected chi connectivity index (χ1v) is 6.67. The van der Waals surface area contributed by atoms with E-state index in [1.165, 1.54) is 25.7 Å². The second-order valence-electron chi connectivity index (χ2n) is 4.86. The summed E-state index contributed by atoms with van der Waals surface area (Å²) in [6.07, 6.45) is 9.25. The molecule has 1 aliphatic heterocycles. The van der Waals surface area contributed by atoms with Crippen molar-refractivity contribution >= 4 is 0 Å². The molecule has 2 unspecified atom stereocenters. The van der Waals surface area contributed by atoms with Crippen molar-refractivity contribution in [3.63, 3.8) is 0 Å². The molecule has 1 aromatic rings. The predicted octanol–water partition coefficient (Wildman–Crippen LogP) is 1.82. The number of rotatable bonds is 7. The van der Waals surface area contributed by atoms with Gasteiger partial charge in [0.1, 0.15) is 0 Å². The van der Waals surface area contributed by atoms with Crippen LogP contribution in [0.4, 0.5) is 0 Å². The molecule has 0 bridgehead atoms. The number of nitrogens with one attached hydrogen (secondary N) is 1. The van der Waals surface area contributed by atoms with Gasteiger partial charge in [0.25, 0.3) is 0 Å². The van der Waals surface area contributed by atoms with Crippen molar-refractivity contribution in [3.05, 3.63) is 18.5 Å². The number of nitrogens with zero attached hydrogens (tertiary/aromatic N) is 2. The zero-order valence-electron chi connectivity index (χ0n) is 10.6. The van der Waals surface area contributed by atoms with Crippen LogP contribution in [0, 0.1) is 0 Å². The van der Waals surface area contributed by atoms with Crippen LogP contribution in [0.25, 0.3) is 0 Å². The van der Waals surface area contributed by atoms with Crippen LogP contribution >= 0.6 is 0 Å². The van der Waals surface area contributed by atoms with Crippen LogP contribution in [0.3, 0.4) is 0 Å². The molecule has 96 valence electrons. The molecule has 0 saturated carbocycles. The van der Waals surface area contributed by atoms with Gasteiger partial charge in [-0.2, -0.15) is 5.10 Å². The van der Waals surface area contributed by atoms with Crippen molar-refractivity contribution in [2.24, 2.45) is 0 Å². The van der Waals surface area contributed by atoms with E-state index in [0.29, 0.717) is 12.1 Å². The molecule has 2 rings (SSSR count). The molecule has 0 amide bonds. The second kappa shape index (κ2) is 6.77. The Morgan fingerprint density at radius 3 is 3.24 bits per heavy atom. The molecular weight excluding hydrogens is 214 g/mol. The number of ether oxygens (including phenoxy) is 1. The Bertz CT molecular complexity index is 294. The molecule has 0 spiro atoms. The Labute approximate surface area is 103 Å². The molecular formula is C13H23N3O. The van der Waals surface area contributed by atoms with E-state index in [4.69, 9.17) is 4.74 Å². The van der Waals surface area contributed by atoms with E-state index in [1.54, 1.807) is 0 Å². The molecule has 1 aromatic heterocycles. The van der Waals surface area contributed by atoms with Gasteiger partial charge in [0, 0.05) is 25.0 Å². The van der Waals surface area contributed by atoms with Gasteiger partial charge in [-0.3, -0.25) is 4.68 Å². The lowest BCUT2D eigenvalue weighted by molar-refractivity contribution is 0.102. The Morgan fingerprint density at radius 1 is 1.59 bits per heavy atom. The quantitative estimate of drug-likeness (QED) is 0.735. The van der Waals surface area contributed by atoms with E-state index in [2.05, 4.69) is 17.3 Å². The van der Waals surface area contributed by atoms with E-state index in [0.717, 1.165) is 19.7 Å². The van der Waals surface area contributed by atoms with Gasteiger partial charge in [-0.1, -0.05) is 0 Å². The zero-order chi connectivity index (χ0) is 11.9. The van der Waals surface area contributed by atoms with E-state index in [1.807, 2.05) is 23.1 Å². The largest absolute Gasteiger partial charge is 0.378 e. The van der Waals surface area contributed by atoms with Gasteiger partial charge in [0.15, 0.2) is 0 Å². The molecule has 2 heterocycles. The highest BCUT2D eigenvalue weighted by Crippen LogP contribution is 2.16. The Morgan fingerprint density at radius 2 is 2.53 bits per heavy atom. The lowest BCUT2D eigenvalue weighted by Crippen LogP contribution is -2.31. The van der Waals surface area contributed by atoms with Gasteiger partial charge in [0.05, 0.1) is 12.6 Å². The van der Waals surface area contributed by atoms with Crippen molar-refractivity contribution < 1.29 is 4.74 Å². The molecule has 1 fully saturated rings. The average Bonchev–Trinajstić information content (AvgIpc) is 2.96. The third-order valence-corrected chi connectivity index (χ3v) is 3.24. The van der Waals surface area contributed by atoms with E-state index < -0.39 is 0 Å². The van der Waals surface area contributed by atoms with Crippen LogP contribution in [0.15, 0.2) is 18.5 Å². The molecule has 1 N–H and O–H groups in total. The Hall–Kier alpha value is -0.870. The van der Waals surface area contributed by atoms with Gasteiger partial charge in [-0.15, -0.1) is 0 Å². The monoisotopic (exact) mass is 237 g/mol. The molecule has 1 saturated heterocycles. The maximum absolute atomic E-state index is 5.60. The number of hydrogen-bond donors (Lipinski definition) is 1. The summed E-state index contributed by atoms with van der Waals surface area (Å²) in [6.45, 7) is 5.18. The summed E-state index contributed by atoms with van der Waals surface area (Å²) < 4.78 is 7.57. The van der Waals surface area contributed by atoms with Crippen LogP contribution in [-0.4, -0.2) is 35.1 Å². The summed E-state index contributed by atoms with van der Waals surface area (Å²) in [5.41, 5.74) is 0. The van der Waals surface area contributed by atoms with Gasteiger partial charge >= 0.3 is 0 Å². The minimum Gasteiger partial charge on any atom is -0.378 e. The van der Waals surface area contributed by atoms with Gasteiger partial charge < -0.3 is 10.1 Å². The fourth-order valence-corrected chi connectivity index (χ4v) is 2.30.